The predicted molar refractivity (Wildman–Crippen MR) is 151 cm³/mol. The Hall–Kier alpha value is -4.57. The molecular weight excluding hydrogens is 527 g/mol. The Bertz CT molecular complexity index is 1760. The van der Waals surface area contributed by atoms with E-state index in [2.05, 4.69) is 23.7 Å². The van der Waals surface area contributed by atoms with Crippen molar-refractivity contribution in [1.82, 2.24) is 4.98 Å². The van der Waals surface area contributed by atoms with Crippen molar-refractivity contribution in [1.29, 1.82) is 0 Å². The summed E-state index contributed by atoms with van der Waals surface area (Å²) in [4.78, 5) is 18.4. The van der Waals surface area contributed by atoms with E-state index in [9.17, 15) is 18.0 Å². The first-order valence-corrected chi connectivity index (χ1v) is 13.5. The number of aromatic nitrogens is 1. The fourth-order valence-corrected chi connectivity index (χ4v) is 5.33. The summed E-state index contributed by atoms with van der Waals surface area (Å²) in [5.41, 5.74) is 3.70. The number of ketones is 1. The summed E-state index contributed by atoms with van der Waals surface area (Å²) < 4.78 is 50.5. The molecule has 0 spiro atoms. The number of hydrogen-bond acceptors (Lipinski definition) is 4. The van der Waals surface area contributed by atoms with E-state index in [1.54, 1.807) is 12.1 Å². The van der Waals surface area contributed by atoms with Gasteiger partial charge in [-0.1, -0.05) is 43.0 Å². The van der Waals surface area contributed by atoms with Crippen LogP contribution >= 0.6 is 0 Å². The molecule has 4 nitrogen and oxygen atoms in total. The Labute approximate surface area is 235 Å². The minimum atomic E-state index is -4.46. The molecule has 0 N–H and O–H groups in total. The standard InChI is InChI=1S/C34H26F3NO3/c1-21-5-2-3-7-23(21)17-31(39)29-19-27(12-9-22-6-4-8-26(15-22)34(35,36)37)38-30-13-10-24(16-28(29)30)25-11-14-32-33(18-25)41-20-40-32/h4,6,8,10-11,13-19,21H,2-3,5,7,20H2,1H3/b23-17-/t21-/m1/s1. The molecule has 0 unspecified atom stereocenters. The number of carbonyl (C=O) groups is 1. The second-order valence-electron chi connectivity index (χ2n) is 10.4. The lowest BCUT2D eigenvalue weighted by atomic mass is 9.84. The van der Waals surface area contributed by atoms with Gasteiger partial charge in [0.2, 0.25) is 6.79 Å². The summed E-state index contributed by atoms with van der Waals surface area (Å²) in [7, 11) is 0. The zero-order chi connectivity index (χ0) is 28.6. The van der Waals surface area contributed by atoms with Crippen molar-refractivity contribution in [3.63, 3.8) is 0 Å². The Morgan fingerprint density at radius 1 is 0.951 bits per heavy atom. The number of pyridine rings is 1. The van der Waals surface area contributed by atoms with Crippen LogP contribution in [-0.4, -0.2) is 17.6 Å². The summed E-state index contributed by atoms with van der Waals surface area (Å²) >= 11 is 0. The maximum absolute atomic E-state index is 13.7. The van der Waals surface area contributed by atoms with Gasteiger partial charge < -0.3 is 9.47 Å². The van der Waals surface area contributed by atoms with Gasteiger partial charge in [-0.25, -0.2) is 4.98 Å². The molecule has 1 atom stereocenters. The smallest absolute Gasteiger partial charge is 0.416 e. The molecule has 1 fully saturated rings. The van der Waals surface area contributed by atoms with Crippen molar-refractivity contribution in [3.05, 3.63) is 101 Å². The maximum Gasteiger partial charge on any atom is 0.416 e. The van der Waals surface area contributed by atoms with Crippen LogP contribution < -0.4 is 9.47 Å². The largest absolute Gasteiger partial charge is 0.454 e. The van der Waals surface area contributed by atoms with Gasteiger partial charge in [0, 0.05) is 16.5 Å². The van der Waals surface area contributed by atoms with Crippen LogP contribution in [0.2, 0.25) is 0 Å². The molecule has 0 amide bonds. The van der Waals surface area contributed by atoms with E-state index in [0.29, 0.717) is 39.6 Å². The first-order chi connectivity index (χ1) is 19.7. The van der Waals surface area contributed by atoms with Crippen LogP contribution in [0.5, 0.6) is 11.5 Å². The summed E-state index contributed by atoms with van der Waals surface area (Å²) in [6, 6.07) is 17.9. The average Bonchev–Trinajstić information content (AvgIpc) is 3.44. The normalized spacial score (nSPS) is 17.4. The Balaban J connectivity index is 1.44. The minimum Gasteiger partial charge on any atom is -0.454 e. The van der Waals surface area contributed by atoms with Crippen LogP contribution in [0.15, 0.2) is 78.4 Å². The first-order valence-electron chi connectivity index (χ1n) is 13.5. The first kappa shape index (κ1) is 26.6. The number of halogens is 3. The zero-order valence-electron chi connectivity index (χ0n) is 22.3. The molecule has 1 aliphatic carbocycles. The summed E-state index contributed by atoms with van der Waals surface area (Å²) in [6.45, 7) is 2.32. The molecule has 206 valence electrons. The van der Waals surface area contributed by atoms with Crippen molar-refractivity contribution >= 4 is 16.7 Å². The van der Waals surface area contributed by atoms with Gasteiger partial charge in [-0.3, -0.25) is 4.79 Å². The lowest BCUT2D eigenvalue weighted by Gasteiger charge is -2.21. The summed E-state index contributed by atoms with van der Waals surface area (Å²) in [5.74, 6) is 7.22. The Kier molecular flexibility index (Phi) is 7.00. The third-order valence-corrected chi connectivity index (χ3v) is 7.61. The van der Waals surface area contributed by atoms with Crippen LogP contribution in [0.4, 0.5) is 13.2 Å². The SMILES string of the molecule is C[C@@H]1CCCC/C1=C/C(=O)c1cc(C#Cc2cccc(C(F)(F)F)c2)nc2ccc(-c3ccc4c(c3)OCO4)cc12. The molecule has 1 aliphatic heterocycles. The monoisotopic (exact) mass is 553 g/mol. The van der Waals surface area contributed by atoms with E-state index in [1.165, 1.54) is 12.1 Å². The van der Waals surface area contributed by atoms with Crippen LogP contribution in [0.3, 0.4) is 0 Å². The predicted octanol–water partition coefficient (Wildman–Crippen LogP) is 8.37. The zero-order valence-corrected chi connectivity index (χ0v) is 22.3. The quantitative estimate of drug-likeness (QED) is 0.145. The molecule has 7 heteroatoms. The van der Waals surface area contributed by atoms with Gasteiger partial charge in [-0.2, -0.15) is 13.2 Å². The van der Waals surface area contributed by atoms with Crippen molar-refractivity contribution < 1.29 is 27.4 Å². The average molecular weight is 554 g/mol. The van der Waals surface area contributed by atoms with E-state index in [1.807, 2.05) is 36.4 Å². The van der Waals surface area contributed by atoms with Crippen molar-refractivity contribution in [2.45, 2.75) is 38.8 Å². The molecular formula is C34H26F3NO3. The molecule has 4 aromatic rings. The molecule has 41 heavy (non-hydrogen) atoms. The number of alkyl halides is 3. The van der Waals surface area contributed by atoms with Gasteiger partial charge in [0.15, 0.2) is 17.3 Å². The van der Waals surface area contributed by atoms with E-state index >= 15 is 0 Å². The Morgan fingerprint density at radius 2 is 1.76 bits per heavy atom. The summed E-state index contributed by atoms with van der Waals surface area (Å²) in [5, 5.41) is 0.676. The topological polar surface area (TPSA) is 48.4 Å². The summed E-state index contributed by atoms with van der Waals surface area (Å²) in [6.07, 6.45) is 1.44. The van der Waals surface area contributed by atoms with Crippen molar-refractivity contribution in [2.75, 3.05) is 6.79 Å². The Morgan fingerprint density at radius 3 is 2.59 bits per heavy atom. The highest BCUT2D eigenvalue weighted by atomic mass is 19.4. The molecule has 2 aliphatic rings. The highest BCUT2D eigenvalue weighted by Crippen LogP contribution is 2.37. The van der Waals surface area contributed by atoms with Crippen LogP contribution in [0, 0.1) is 17.8 Å². The number of allylic oxidation sites excluding steroid dienone is 2. The highest BCUT2D eigenvalue weighted by molar-refractivity contribution is 6.13. The minimum absolute atomic E-state index is 0.133. The lowest BCUT2D eigenvalue weighted by Crippen LogP contribution is -2.09. The fraction of sp³-hybridized carbons (Fsp3) is 0.235. The molecule has 6 rings (SSSR count). The van der Waals surface area contributed by atoms with E-state index < -0.39 is 11.7 Å². The van der Waals surface area contributed by atoms with Gasteiger partial charge in [0.05, 0.1) is 11.1 Å². The highest BCUT2D eigenvalue weighted by Gasteiger charge is 2.30. The molecule has 3 aromatic carbocycles. The van der Waals surface area contributed by atoms with Crippen molar-refractivity contribution in [3.8, 4) is 34.5 Å². The third-order valence-electron chi connectivity index (χ3n) is 7.61. The molecule has 1 saturated carbocycles. The molecule has 0 bridgehead atoms. The van der Waals surface area contributed by atoms with Gasteiger partial charge in [0.25, 0.3) is 0 Å². The van der Waals surface area contributed by atoms with Crippen LogP contribution in [-0.2, 0) is 6.18 Å². The lowest BCUT2D eigenvalue weighted by molar-refractivity contribution is -0.137. The number of hydrogen-bond donors (Lipinski definition) is 0. The number of nitrogens with zero attached hydrogens (tertiary/aromatic N) is 1. The van der Waals surface area contributed by atoms with E-state index in [4.69, 9.17) is 9.47 Å². The second kappa shape index (κ2) is 10.8. The second-order valence-corrected chi connectivity index (χ2v) is 10.4. The van der Waals surface area contributed by atoms with Gasteiger partial charge in [-0.05, 0) is 96.8 Å². The molecule has 0 radical (unpaired) electrons. The van der Waals surface area contributed by atoms with Crippen molar-refractivity contribution in [2.24, 2.45) is 5.92 Å². The van der Waals surface area contributed by atoms with E-state index in [0.717, 1.165) is 54.5 Å². The number of carbonyl (C=O) groups excluding carboxylic acids is 1. The van der Waals surface area contributed by atoms with Crippen LogP contribution in [0.25, 0.3) is 22.0 Å². The molecule has 1 aromatic heterocycles. The van der Waals surface area contributed by atoms with Gasteiger partial charge >= 0.3 is 6.18 Å². The number of benzene rings is 3. The number of rotatable bonds is 3. The van der Waals surface area contributed by atoms with E-state index in [-0.39, 0.29) is 18.1 Å². The fourth-order valence-electron chi connectivity index (χ4n) is 5.33. The van der Waals surface area contributed by atoms with Crippen LogP contribution in [0.1, 0.15) is 59.8 Å². The third kappa shape index (κ3) is 5.69. The van der Waals surface area contributed by atoms with Gasteiger partial charge in [-0.15, -0.1) is 0 Å². The molecule has 2 heterocycles. The molecule has 0 saturated heterocycles. The van der Waals surface area contributed by atoms with Gasteiger partial charge in [0.1, 0.15) is 5.69 Å². The number of fused-ring (bicyclic) bond motifs is 2. The number of ether oxygens (including phenoxy) is 2. The maximum atomic E-state index is 13.7.